The van der Waals surface area contributed by atoms with Crippen molar-refractivity contribution in [2.45, 2.75) is 25.2 Å². The zero-order valence-electron chi connectivity index (χ0n) is 11.2. The molecule has 0 amide bonds. The number of benzene rings is 2. The fourth-order valence-electron chi connectivity index (χ4n) is 2.52. The van der Waals surface area contributed by atoms with Crippen molar-refractivity contribution in [1.82, 2.24) is 0 Å². The molecule has 2 aromatic rings. The monoisotopic (exact) mass is 256 g/mol. The summed E-state index contributed by atoms with van der Waals surface area (Å²) >= 11 is 0. The quantitative estimate of drug-likeness (QED) is 0.860. The third-order valence-electron chi connectivity index (χ3n) is 3.75. The van der Waals surface area contributed by atoms with Gasteiger partial charge in [-0.3, -0.25) is 0 Å². The summed E-state index contributed by atoms with van der Waals surface area (Å²) < 4.78 is 0. The first-order valence-corrected chi connectivity index (χ1v) is 6.63. The molecular formula is C17H20O2. The molecule has 1 atom stereocenters. The van der Waals surface area contributed by atoms with E-state index in [0.29, 0.717) is 0 Å². The third kappa shape index (κ3) is 2.96. The lowest BCUT2D eigenvalue weighted by molar-refractivity contribution is 0.272. The maximum Gasteiger partial charge on any atom is 0.115 e. The van der Waals surface area contributed by atoms with Crippen LogP contribution in [0.3, 0.4) is 0 Å². The first-order valence-electron chi connectivity index (χ1n) is 6.63. The van der Waals surface area contributed by atoms with Crippen molar-refractivity contribution in [3.05, 3.63) is 65.7 Å². The number of phenols is 1. The van der Waals surface area contributed by atoms with Gasteiger partial charge in [-0.25, -0.2) is 0 Å². The van der Waals surface area contributed by atoms with Gasteiger partial charge >= 0.3 is 0 Å². The van der Waals surface area contributed by atoms with Gasteiger partial charge in [-0.2, -0.15) is 0 Å². The molecule has 100 valence electrons. The second-order valence-corrected chi connectivity index (χ2v) is 5.07. The van der Waals surface area contributed by atoms with Gasteiger partial charge in [0.05, 0.1) is 0 Å². The van der Waals surface area contributed by atoms with Crippen molar-refractivity contribution in [3.63, 3.8) is 0 Å². The predicted octanol–water partition coefficient (Wildman–Crippen LogP) is 3.47. The lowest BCUT2D eigenvalue weighted by atomic mass is 9.73. The van der Waals surface area contributed by atoms with Crippen LogP contribution in [0.15, 0.2) is 54.6 Å². The van der Waals surface area contributed by atoms with Gasteiger partial charge in [-0.15, -0.1) is 0 Å². The zero-order chi connectivity index (χ0) is 13.7. The highest BCUT2D eigenvalue weighted by atomic mass is 16.3. The van der Waals surface area contributed by atoms with Crippen LogP contribution in [0.1, 0.15) is 30.9 Å². The molecule has 1 unspecified atom stereocenters. The maximum absolute atomic E-state index is 9.43. The Balaban J connectivity index is 2.42. The number of aliphatic hydroxyl groups excluding tert-OH is 1. The molecule has 0 saturated carbocycles. The summed E-state index contributed by atoms with van der Waals surface area (Å²) in [5.74, 6) is 0.279. The number of hydrogen-bond acceptors (Lipinski definition) is 2. The molecular weight excluding hydrogens is 236 g/mol. The lowest BCUT2D eigenvalue weighted by Gasteiger charge is -2.31. The highest BCUT2D eigenvalue weighted by Crippen LogP contribution is 2.36. The average Bonchev–Trinajstić information content (AvgIpc) is 2.46. The van der Waals surface area contributed by atoms with E-state index in [-0.39, 0.29) is 17.8 Å². The molecule has 0 bridgehead atoms. The average molecular weight is 256 g/mol. The van der Waals surface area contributed by atoms with Gasteiger partial charge in [0.25, 0.3) is 0 Å². The van der Waals surface area contributed by atoms with E-state index >= 15 is 0 Å². The lowest BCUT2D eigenvalue weighted by Crippen LogP contribution is -2.24. The molecule has 0 aromatic heterocycles. The standard InChI is InChI=1S/C17H20O2/c1-17(12-5-13-18,14-6-3-2-4-7-14)15-8-10-16(19)11-9-15/h2-4,6-11,18-19H,5,12-13H2,1H3. The topological polar surface area (TPSA) is 40.5 Å². The number of hydrogen-bond donors (Lipinski definition) is 2. The van der Waals surface area contributed by atoms with E-state index in [0.717, 1.165) is 18.4 Å². The molecule has 0 heterocycles. The summed E-state index contributed by atoms with van der Waals surface area (Å²) in [6.07, 6.45) is 1.63. The summed E-state index contributed by atoms with van der Waals surface area (Å²) in [5.41, 5.74) is 2.25. The molecule has 2 N–H and O–H groups in total. The Morgan fingerprint density at radius 1 is 0.895 bits per heavy atom. The Morgan fingerprint density at radius 2 is 1.47 bits per heavy atom. The van der Waals surface area contributed by atoms with E-state index in [1.807, 2.05) is 30.3 Å². The Kier molecular flexibility index (Phi) is 4.23. The Labute approximate surface area is 114 Å². The van der Waals surface area contributed by atoms with E-state index in [1.54, 1.807) is 12.1 Å². The van der Waals surface area contributed by atoms with Crippen molar-refractivity contribution in [3.8, 4) is 5.75 Å². The van der Waals surface area contributed by atoms with Crippen molar-refractivity contribution >= 4 is 0 Å². The third-order valence-corrected chi connectivity index (χ3v) is 3.75. The number of phenolic OH excluding ortho intramolecular Hbond substituents is 1. The van der Waals surface area contributed by atoms with E-state index < -0.39 is 0 Å². The van der Waals surface area contributed by atoms with Gasteiger partial charge in [-0.1, -0.05) is 49.4 Å². The van der Waals surface area contributed by atoms with Crippen LogP contribution in [0.5, 0.6) is 5.75 Å². The van der Waals surface area contributed by atoms with Crippen LogP contribution in [0.4, 0.5) is 0 Å². The molecule has 2 rings (SSSR count). The fourth-order valence-corrected chi connectivity index (χ4v) is 2.52. The van der Waals surface area contributed by atoms with Crippen molar-refractivity contribution in [2.75, 3.05) is 6.61 Å². The van der Waals surface area contributed by atoms with Crippen LogP contribution in [-0.2, 0) is 5.41 Å². The minimum Gasteiger partial charge on any atom is -0.508 e. The van der Waals surface area contributed by atoms with Crippen LogP contribution in [0.25, 0.3) is 0 Å². The van der Waals surface area contributed by atoms with Crippen LogP contribution >= 0.6 is 0 Å². The molecule has 0 aliphatic carbocycles. The smallest absolute Gasteiger partial charge is 0.115 e. The first-order chi connectivity index (χ1) is 9.16. The molecule has 0 spiro atoms. The van der Waals surface area contributed by atoms with Crippen molar-refractivity contribution in [2.24, 2.45) is 0 Å². The van der Waals surface area contributed by atoms with E-state index in [4.69, 9.17) is 5.11 Å². The van der Waals surface area contributed by atoms with Gasteiger partial charge in [0, 0.05) is 12.0 Å². The van der Waals surface area contributed by atoms with Gasteiger partial charge in [0.15, 0.2) is 0 Å². The minimum absolute atomic E-state index is 0.141. The van der Waals surface area contributed by atoms with Crippen LogP contribution in [-0.4, -0.2) is 16.8 Å². The molecule has 0 aliphatic heterocycles. The van der Waals surface area contributed by atoms with Crippen LogP contribution < -0.4 is 0 Å². The minimum atomic E-state index is -0.141. The predicted molar refractivity (Wildman–Crippen MR) is 77.3 cm³/mol. The highest BCUT2D eigenvalue weighted by Gasteiger charge is 2.28. The maximum atomic E-state index is 9.43. The van der Waals surface area contributed by atoms with E-state index in [2.05, 4.69) is 19.1 Å². The largest absolute Gasteiger partial charge is 0.508 e. The van der Waals surface area contributed by atoms with Gasteiger partial charge in [0.1, 0.15) is 5.75 Å². The Morgan fingerprint density at radius 3 is 2.05 bits per heavy atom. The molecule has 2 heteroatoms. The number of aromatic hydroxyl groups is 1. The van der Waals surface area contributed by atoms with Crippen molar-refractivity contribution in [1.29, 1.82) is 0 Å². The Hall–Kier alpha value is -1.80. The summed E-state index contributed by atoms with van der Waals surface area (Å²) in [6, 6.07) is 17.7. The first kappa shape index (κ1) is 13.6. The fraction of sp³-hybridized carbons (Fsp3) is 0.294. The molecule has 0 fully saturated rings. The highest BCUT2D eigenvalue weighted by molar-refractivity contribution is 5.40. The van der Waals surface area contributed by atoms with Crippen molar-refractivity contribution < 1.29 is 10.2 Å². The molecule has 0 saturated heterocycles. The van der Waals surface area contributed by atoms with Gasteiger partial charge in [0.2, 0.25) is 0 Å². The summed E-state index contributed by atoms with van der Waals surface area (Å²) in [6.45, 7) is 2.38. The molecule has 0 radical (unpaired) electrons. The van der Waals surface area contributed by atoms with Gasteiger partial charge in [-0.05, 0) is 36.1 Å². The van der Waals surface area contributed by atoms with E-state index in [9.17, 15) is 5.11 Å². The molecule has 2 aromatic carbocycles. The summed E-state index contributed by atoms with van der Waals surface area (Å²) in [5, 5.41) is 18.6. The van der Waals surface area contributed by atoms with Crippen LogP contribution in [0, 0.1) is 0 Å². The summed E-state index contributed by atoms with van der Waals surface area (Å²) in [4.78, 5) is 0. The van der Waals surface area contributed by atoms with Gasteiger partial charge < -0.3 is 10.2 Å². The zero-order valence-corrected chi connectivity index (χ0v) is 11.2. The molecule has 2 nitrogen and oxygen atoms in total. The second-order valence-electron chi connectivity index (χ2n) is 5.07. The number of aliphatic hydroxyl groups is 1. The SMILES string of the molecule is CC(CCCO)(c1ccccc1)c1ccc(O)cc1. The normalized spacial score (nSPS) is 14.0. The van der Waals surface area contributed by atoms with Crippen LogP contribution in [0.2, 0.25) is 0 Å². The van der Waals surface area contributed by atoms with E-state index in [1.165, 1.54) is 5.56 Å². The Bertz CT molecular complexity index is 505. The molecule has 0 aliphatic rings. The second kappa shape index (κ2) is 5.89. The number of rotatable bonds is 5. The summed E-state index contributed by atoms with van der Waals surface area (Å²) in [7, 11) is 0. The molecule has 19 heavy (non-hydrogen) atoms.